The van der Waals surface area contributed by atoms with Gasteiger partial charge >= 0.3 is 0 Å². The van der Waals surface area contributed by atoms with Gasteiger partial charge in [0, 0.05) is 5.54 Å². The van der Waals surface area contributed by atoms with Crippen LogP contribution in [0.2, 0.25) is 0 Å². The molecule has 0 aliphatic rings. The molecule has 0 heterocycles. The van der Waals surface area contributed by atoms with Gasteiger partial charge in [-0.1, -0.05) is 40.0 Å². The molecule has 0 bridgehead atoms. The van der Waals surface area contributed by atoms with Gasteiger partial charge in [-0.2, -0.15) is 0 Å². The molecule has 1 N–H and O–H groups in total. The predicted octanol–water partition coefficient (Wildman–Crippen LogP) is 4.23. The van der Waals surface area contributed by atoms with E-state index in [-0.39, 0.29) is 5.54 Å². The summed E-state index contributed by atoms with van der Waals surface area (Å²) in [4.78, 5) is 0. The fourth-order valence-electron chi connectivity index (χ4n) is 1.71. The van der Waals surface area contributed by atoms with Crippen LogP contribution in [-0.4, -0.2) is 12.1 Å². The molecule has 0 aliphatic carbocycles. The zero-order valence-corrected chi connectivity index (χ0v) is 11.7. The topological polar surface area (TPSA) is 12.0 Å². The van der Waals surface area contributed by atoms with Crippen LogP contribution in [0.3, 0.4) is 0 Å². The van der Waals surface area contributed by atoms with Gasteiger partial charge in [0.2, 0.25) is 0 Å². The van der Waals surface area contributed by atoms with Crippen LogP contribution in [0.4, 0.5) is 0 Å². The molecule has 0 saturated carbocycles. The summed E-state index contributed by atoms with van der Waals surface area (Å²) < 4.78 is 0. The van der Waals surface area contributed by atoms with Crippen molar-refractivity contribution in [1.29, 1.82) is 0 Å². The Balaban J connectivity index is 3.37. The van der Waals surface area contributed by atoms with Crippen LogP contribution in [0.5, 0.6) is 0 Å². The highest BCUT2D eigenvalue weighted by molar-refractivity contribution is 4.70. The first kappa shape index (κ1) is 15.0. The maximum atomic E-state index is 3.55. The van der Waals surface area contributed by atoms with E-state index >= 15 is 0 Å². The van der Waals surface area contributed by atoms with Crippen molar-refractivity contribution in [2.45, 2.75) is 72.8 Å². The van der Waals surface area contributed by atoms with Crippen molar-refractivity contribution in [2.24, 2.45) is 11.8 Å². The molecule has 0 spiro atoms. The molecular formula is C14H31N. The minimum absolute atomic E-state index is 0.275. The van der Waals surface area contributed by atoms with E-state index in [0.29, 0.717) is 0 Å². The Morgan fingerprint density at radius 2 is 1.53 bits per heavy atom. The van der Waals surface area contributed by atoms with E-state index in [1.54, 1.807) is 0 Å². The van der Waals surface area contributed by atoms with Gasteiger partial charge in [-0.15, -0.1) is 0 Å². The fourth-order valence-corrected chi connectivity index (χ4v) is 1.71. The minimum atomic E-state index is 0.275. The standard InChI is InChI=1S/C14H31N/c1-12(2)8-7-9-13(3)10-11-15-14(4,5)6/h12-13,15H,7-11H2,1-6H3. The lowest BCUT2D eigenvalue weighted by Crippen LogP contribution is -2.36. The van der Waals surface area contributed by atoms with Gasteiger partial charge < -0.3 is 5.32 Å². The van der Waals surface area contributed by atoms with Gasteiger partial charge in [0.05, 0.1) is 0 Å². The summed E-state index contributed by atoms with van der Waals surface area (Å²) in [5.74, 6) is 1.74. The molecule has 1 heteroatoms. The Kier molecular flexibility index (Phi) is 7.25. The zero-order chi connectivity index (χ0) is 11.9. The molecule has 1 nitrogen and oxygen atoms in total. The first-order valence-electron chi connectivity index (χ1n) is 6.56. The Morgan fingerprint density at radius 3 is 2.00 bits per heavy atom. The van der Waals surface area contributed by atoms with Crippen molar-refractivity contribution >= 4 is 0 Å². The van der Waals surface area contributed by atoms with Gasteiger partial charge in [0.15, 0.2) is 0 Å². The van der Waals surface area contributed by atoms with Crippen molar-refractivity contribution in [3.63, 3.8) is 0 Å². The van der Waals surface area contributed by atoms with Crippen LogP contribution in [0.25, 0.3) is 0 Å². The van der Waals surface area contributed by atoms with Gasteiger partial charge in [-0.25, -0.2) is 0 Å². The summed E-state index contributed by atoms with van der Waals surface area (Å²) in [5.41, 5.74) is 0.275. The second-order valence-corrected chi connectivity index (χ2v) is 6.40. The van der Waals surface area contributed by atoms with E-state index in [2.05, 4.69) is 46.9 Å². The van der Waals surface area contributed by atoms with Crippen molar-refractivity contribution in [3.8, 4) is 0 Å². The smallest absolute Gasteiger partial charge is 0.00965 e. The second kappa shape index (κ2) is 7.27. The molecule has 0 fully saturated rings. The fraction of sp³-hybridized carbons (Fsp3) is 1.00. The Bertz CT molecular complexity index is 144. The minimum Gasteiger partial charge on any atom is -0.312 e. The molecule has 0 aliphatic heterocycles. The largest absolute Gasteiger partial charge is 0.312 e. The van der Waals surface area contributed by atoms with E-state index in [9.17, 15) is 0 Å². The summed E-state index contributed by atoms with van der Waals surface area (Å²) in [7, 11) is 0. The second-order valence-electron chi connectivity index (χ2n) is 6.40. The van der Waals surface area contributed by atoms with Crippen LogP contribution < -0.4 is 5.32 Å². The highest BCUT2D eigenvalue weighted by Gasteiger charge is 2.09. The summed E-state index contributed by atoms with van der Waals surface area (Å²) >= 11 is 0. The Hall–Kier alpha value is -0.0400. The third kappa shape index (κ3) is 11.9. The SMILES string of the molecule is CC(C)CCCC(C)CCNC(C)(C)C. The quantitative estimate of drug-likeness (QED) is 0.667. The maximum absolute atomic E-state index is 3.55. The average molecular weight is 213 g/mol. The predicted molar refractivity (Wildman–Crippen MR) is 70.2 cm³/mol. The summed E-state index contributed by atoms with van der Waals surface area (Å²) in [6, 6.07) is 0. The van der Waals surface area contributed by atoms with Crippen LogP contribution >= 0.6 is 0 Å². The van der Waals surface area contributed by atoms with E-state index in [4.69, 9.17) is 0 Å². The molecular weight excluding hydrogens is 182 g/mol. The lowest BCUT2D eigenvalue weighted by molar-refractivity contribution is 0.376. The first-order chi connectivity index (χ1) is 6.81. The van der Waals surface area contributed by atoms with Crippen LogP contribution in [-0.2, 0) is 0 Å². The highest BCUT2D eigenvalue weighted by Crippen LogP contribution is 2.15. The molecule has 0 radical (unpaired) electrons. The van der Waals surface area contributed by atoms with Gasteiger partial charge in [0.1, 0.15) is 0 Å². The van der Waals surface area contributed by atoms with E-state index in [0.717, 1.165) is 18.4 Å². The summed E-state index contributed by atoms with van der Waals surface area (Å²) in [5, 5.41) is 3.55. The highest BCUT2D eigenvalue weighted by atomic mass is 14.9. The lowest BCUT2D eigenvalue weighted by Gasteiger charge is -2.22. The Morgan fingerprint density at radius 1 is 0.933 bits per heavy atom. The molecule has 92 valence electrons. The molecule has 0 aromatic heterocycles. The zero-order valence-electron chi connectivity index (χ0n) is 11.7. The third-order valence-electron chi connectivity index (χ3n) is 2.77. The maximum Gasteiger partial charge on any atom is 0.00965 e. The monoisotopic (exact) mass is 213 g/mol. The number of hydrogen-bond donors (Lipinski definition) is 1. The van der Waals surface area contributed by atoms with E-state index in [1.807, 2.05) is 0 Å². The number of nitrogens with one attached hydrogen (secondary N) is 1. The molecule has 0 aromatic rings. The van der Waals surface area contributed by atoms with Crippen molar-refractivity contribution in [1.82, 2.24) is 5.32 Å². The molecule has 0 amide bonds. The molecule has 0 aromatic carbocycles. The van der Waals surface area contributed by atoms with E-state index < -0.39 is 0 Å². The van der Waals surface area contributed by atoms with Crippen molar-refractivity contribution in [2.75, 3.05) is 6.54 Å². The lowest BCUT2D eigenvalue weighted by atomic mass is 9.97. The molecule has 1 unspecified atom stereocenters. The van der Waals surface area contributed by atoms with E-state index in [1.165, 1.54) is 25.7 Å². The molecule has 15 heavy (non-hydrogen) atoms. The first-order valence-corrected chi connectivity index (χ1v) is 6.56. The number of hydrogen-bond acceptors (Lipinski definition) is 1. The third-order valence-corrected chi connectivity index (χ3v) is 2.77. The average Bonchev–Trinajstić information content (AvgIpc) is 2.00. The van der Waals surface area contributed by atoms with Crippen LogP contribution in [0.1, 0.15) is 67.2 Å². The van der Waals surface area contributed by atoms with Crippen molar-refractivity contribution in [3.05, 3.63) is 0 Å². The normalized spacial score (nSPS) is 14.6. The Labute approximate surface area is 97.0 Å². The molecule has 1 atom stereocenters. The molecule has 0 saturated heterocycles. The molecule has 0 rings (SSSR count). The van der Waals surface area contributed by atoms with Crippen LogP contribution in [0.15, 0.2) is 0 Å². The van der Waals surface area contributed by atoms with Crippen molar-refractivity contribution < 1.29 is 0 Å². The summed E-state index contributed by atoms with van der Waals surface area (Å²) in [6.07, 6.45) is 5.49. The van der Waals surface area contributed by atoms with Gasteiger partial charge in [-0.3, -0.25) is 0 Å². The number of rotatable bonds is 7. The van der Waals surface area contributed by atoms with Gasteiger partial charge in [0.25, 0.3) is 0 Å². The van der Waals surface area contributed by atoms with Crippen LogP contribution in [0, 0.1) is 11.8 Å². The summed E-state index contributed by atoms with van der Waals surface area (Å²) in [6.45, 7) is 14.9. The van der Waals surface area contributed by atoms with Gasteiger partial charge in [-0.05, 0) is 45.6 Å².